The van der Waals surface area contributed by atoms with Crippen molar-refractivity contribution in [3.8, 4) is 5.75 Å². The molecule has 0 bridgehead atoms. The number of hydrogen-bond donors (Lipinski definition) is 1. The van der Waals surface area contributed by atoms with E-state index in [4.69, 9.17) is 0 Å². The summed E-state index contributed by atoms with van der Waals surface area (Å²) in [6.07, 6.45) is 13.6. The van der Waals surface area contributed by atoms with Gasteiger partial charge >= 0.3 is 0 Å². The van der Waals surface area contributed by atoms with E-state index in [-0.39, 0.29) is 11.5 Å². The van der Waals surface area contributed by atoms with E-state index in [0.29, 0.717) is 16.6 Å². The van der Waals surface area contributed by atoms with Gasteiger partial charge in [0.15, 0.2) is 11.5 Å². The van der Waals surface area contributed by atoms with Crippen LogP contribution in [-0.2, 0) is 30.1 Å². The number of rotatable bonds is 1. The van der Waals surface area contributed by atoms with Crippen molar-refractivity contribution in [3.63, 3.8) is 0 Å². The van der Waals surface area contributed by atoms with Crippen LogP contribution in [0.4, 0.5) is 5.69 Å². The molecular weight excluding hydrogens is 424 g/mol. The number of aryl methyl sites for hydroxylation is 3. The molecule has 0 radical (unpaired) electrons. The Morgan fingerprint density at radius 1 is 1.37 bits per heavy atom. The van der Waals surface area contributed by atoms with Crippen molar-refractivity contribution in [1.29, 1.82) is 0 Å². The molecule has 27 heavy (non-hydrogen) atoms. The van der Waals surface area contributed by atoms with Gasteiger partial charge in [0.05, 0.1) is 15.4 Å². The molecule has 6 heteroatoms. The number of fused-ring (bicyclic) bond motifs is 3. The van der Waals surface area contributed by atoms with Crippen LogP contribution in [0.3, 0.4) is 0 Å². The Balaban J connectivity index is 1.95. The number of allylic oxidation sites excluding steroid dienone is 4. The van der Waals surface area contributed by atoms with Gasteiger partial charge in [0.25, 0.3) is 0 Å². The van der Waals surface area contributed by atoms with E-state index >= 15 is 0 Å². The molecule has 1 atom stereocenters. The van der Waals surface area contributed by atoms with Crippen LogP contribution in [0.1, 0.15) is 29.5 Å². The van der Waals surface area contributed by atoms with Gasteiger partial charge in [-0.15, -0.1) is 11.8 Å². The Bertz CT molecular complexity index is 1130. The molecule has 2 aromatic rings. The summed E-state index contributed by atoms with van der Waals surface area (Å²) in [5.74, 6) is 0.241. The number of aromatic nitrogens is 1. The Kier molecular flexibility index (Phi) is 3.75. The maximum Gasteiger partial charge on any atom is 0.193 e. The lowest BCUT2D eigenvalue weighted by molar-refractivity contribution is -0.110. The van der Waals surface area contributed by atoms with Crippen molar-refractivity contribution in [2.75, 3.05) is 6.26 Å². The highest BCUT2D eigenvalue weighted by Crippen LogP contribution is 2.57. The zero-order chi connectivity index (χ0) is 18.9. The summed E-state index contributed by atoms with van der Waals surface area (Å²) in [7, 11) is 1.98. The lowest BCUT2D eigenvalue weighted by atomic mass is 9.69. The second-order valence-corrected chi connectivity index (χ2v) is 9.15. The third-order valence-electron chi connectivity index (χ3n) is 6.03. The molecule has 2 aliphatic carbocycles. The molecule has 2 heterocycles. The third kappa shape index (κ3) is 2.17. The summed E-state index contributed by atoms with van der Waals surface area (Å²) in [6, 6.07) is 0. The van der Waals surface area contributed by atoms with E-state index in [2.05, 4.69) is 27.1 Å². The van der Waals surface area contributed by atoms with Crippen molar-refractivity contribution in [3.05, 3.63) is 44.4 Å². The Morgan fingerprint density at radius 2 is 2.19 bits per heavy atom. The molecule has 3 aliphatic rings. The number of phenolic OH excluding ortho intramolecular Hbond substituents is 1. The second kappa shape index (κ2) is 5.85. The third-order valence-corrected chi connectivity index (χ3v) is 7.57. The van der Waals surface area contributed by atoms with Crippen LogP contribution in [-0.4, -0.2) is 27.9 Å². The maximum atomic E-state index is 12.3. The summed E-state index contributed by atoms with van der Waals surface area (Å²) >= 11 is 5.07. The number of carbonyl (C=O) groups excluding carboxylic acids is 1. The number of thioether (sulfide) groups is 1. The van der Waals surface area contributed by atoms with Crippen LogP contribution < -0.4 is 0 Å². The summed E-state index contributed by atoms with van der Waals surface area (Å²) in [5, 5.41) is 12.3. The Morgan fingerprint density at radius 3 is 2.96 bits per heavy atom. The maximum absolute atomic E-state index is 12.3. The number of nitrogens with zero attached hydrogens (tertiary/aromatic N) is 2. The Labute approximate surface area is 170 Å². The average Bonchev–Trinajstić information content (AvgIpc) is 2.99. The molecule has 1 aromatic carbocycles. The molecular formula is C21H19BrN2O2S. The van der Waals surface area contributed by atoms with Gasteiger partial charge in [-0.25, -0.2) is 0 Å². The fraction of sp³-hybridized carbons (Fsp3) is 0.333. The smallest absolute Gasteiger partial charge is 0.193 e. The number of benzene rings is 1. The molecule has 5 rings (SSSR count). The molecule has 1 unspecified atom stereocenters. The van der Waals surface area contributed by atoms with Crippen molar-refractivity contribution < 1.29 is 9.90 Å². The summed E-state index contributed by atoms with van der Waals surface area (Å²) < 4.78 is 2.60. The number of carbonyl (C=O) groups is 1. The SMILES string of the molecule is CSC1=CC(=O)C(Br)=CC12CC=Nc1c2c2c3c(cn(C)c3c1O)CCC2. The molecule has 0 saturated carbocycles. The van der Waals surface area contributed by atoms with Gasteiger partial charge in [0.2, 0.25) is 0 Å². The molecule has 1 aromatic heterocycles. The lowest BCUT2D eigenvalue weighted by Gasteiger charge is -2.40. The van der Waals surface area contributed by atoms with Crippen LogP contribution >= 0.6 is 27.7 Å². The first-order valence-corrected chi connectivity index (χ1v) is 11.1. The normalized spacial score (nSPS) is 23.6. The average molecular weight is 443 g/mol. The minimum Gasteiger partial charge on any atom is -0.504 e. The highest BCUT2D eigenvalue weighted by molar-refractivity contribution is 9.12. The van der Waals surface area contributed by atoms with Gasteiger partial charge in [-0.2, -0.15) is 0 Å². The highest BCUT2D eigenvalue weighted by atomic mass is 79.9. The van der Waals surface area contributed by atoms with Crippen LogP contribution in [0.5, 0.6) is 5.75 Å². The van der Waals surface area contributed by atoms with Crippen LogP contribution in [0.25, 0.3) is 10.9 Å². The summed E-state index contributed by atoms with van der Waals surface area (Å²) in [5.41, 5.74) is 4.73. The quantitative estimate of drug-likeness (QED) is 0.688. The van der Waals surface area contributed by atoms with Gasteiger partial charge in [0, 0.05) is 41.7 Å². The highest BCUT2D eigenvalue weighted by Gasteiger charge is 2.44. The molecule has 1 N–H and O–H groups in total. The molecule has 1 aliphatic heterocycles. The van der Waals surface area contributed by atoms with E-state index in [0.717, 1.165) is 35.2 Å². The van der Waals surface area contributed by atoms with E-state index in [9.17, 15) is 9.90 Å². The van der Waals surface area contributed by atoms with Gasteiger partial charge in [-0.3, -0.25) is 9.79 Å². The largest absolute Gasteiger partial charge is 0.504 e. The molecule has 0 saturated heterocycles. The molecule has 1 spiro atoms. The number of ketones is 1. The van der Waals surface area contributed by atoms with Crippen LogP contribution in [0, 0.1) is 0 Å². The monoisotopic (exact) mass is 442 g/mol. The number of hydrogen-bond acceptors (Lipinski definition) is 4. The zero-order valence-electron chi connectivity index (χ0n) is 15.2. The molecule has 138 valence electrons. The first-order valence-electron chi connectivity index (χ1n) is 9.05. The first kappa shape index (κ1) is 17.3. The van der Waals surface area contributed by atoms with E-state index < -0.39 is 5.41 Å². The van der Waals surface area contributed by atoms with Crippen molar-refractivity contribution >= 4 is 56.3 Å². The summed E-state index contributed by atoms with van der Waals surface area (Å²) in [6.45, 7) is 0. The van der Waals surface area contributed by atoms with Crippen molar-refractivity contribution in [2.45, 2.75) is 31.1 Å². The minimum atomic E-state index is -0.450. The number of halogens is 1. The van der Waals surface area contributed by atoms with Gasteiger partial charge in [0.1, 0.15) is 5.69 Å². The van der Waals surface area contributed by atoms with Gasteiger partial charge in [-0.1, -0.05) is 6.08 Å². The summed E-state index contributed by atoms with van der Waals surface area (Å²) in [4.78, 5) is 18.0. The Hall–Kier alpha value is -1.79. The van der Waals surface area contributed by atoms with E-state index in [1.54, 1.807) is 17.8 Å². The molecule has 4 nitrogen and oxygen atoms in total. The predicted octanol–water partition coefficient (Wildman–Crippen LogP) is 4.82. The number of phenols is 1. The van der Waals surface area contributed by atoms with Gasteiger partial charge in [-0.05, 0) is 58.7 Å². The van der Waals surface area contributed by atoms with E-state index in [1.807, 2.05) is 30.2 Å². The number of aromatic hydroxyl groups is 1. The topological polar surface area (TPSA) is 54.6 Å². The van der Waals surface area contributed by atoms with Crippen molar-refractivity contribution in [2.24, 2.45) is 12.0 Å². The minimum absolute atomic E-state index is 0.00613. The fourth-order valence-electron chi connectivity index (χ4n) is 4.97. The van der Waals surface area contributed by atoms with Gasteiger partial charge < -0.3 is 9.67 Å². The van der Waals surface area contributed by atoms with Crippen LogP contribution in [0.2, 0.25) is 0 Å². The standard InChI is InChI=1S/C21H19BrN2O2S/c1-24-10-11-4-3-5-12-16(11)19(24)20(26)18-17(12)21(6-7-23-18)9-13(22)14(25)8-15(21)27-2/h7-10,26H,3-6H2,1-2H3. The van der Waals surface area contributed by atoms with E-state index in [1.165, 1.54) is 16.5 Å². The molecule has 0 amide bonds. The molecule has 0 fully saturated rings. The lowest BCUT2D eigenvalue weighted by Crippen LogP contribution is -2.33. The fourth-order valence-corrected chi connectivity index (χ4v) is 6.31. The second-order valence-electron chi connectivity index (χ2n) is 7.45. The predicted molar refractivity (Wildman–Crippen MR) is 115 cm³/mol. The zero-order valence-corrected chi connectivity index (χ0v) is 17.6. The number of aliphatic imine (C=N–C) groups is 1. The van der Waals surface area contributed by atoms with Crippen molar-refractivity contribution in [1.82, 2.24) is 4.57 Å². The first-order chi connectivity index (χ1) is 13.0. The van der Waals surface area contributed by atoms with Crippen LogP contribution in [0.15, 0.2) is 32.7 Å².